The maximum absolute atomic E-state index is 12.3. The van der Waals surface area contributed by atoms with E-state index >= 15 is 0 Å². The Morgan fingerprint density at radius 1 is 1.04 bits per heavy atom. The van der Waals surface area contributed by atoms with Crippen molar-refractivity contribution in [2.75, 3.05) is 21.3 Å². The van der Waals surface area contributed by atoms with Crippen LogP contribution in [-0.2, 0) is 10.0 Å². The molecule has 27 heavy (non-hydrogen) atoms. The lowest BCUT2D eigenvalue weighted by atomic mass is 10.2. The standard InChI is InChI=1S/C16H17N3O7S/c1-24-14-9-16(26-3)15(25-2)7-11(14)10-17-18-27(22,23)13-6-4-5-12(8-13)19(20)21/h4-10,18H,1-3H3/b17-10+. The highest BCUT2D eigenvalue weighted by molar-refractivity contribution is 7.89. The van der Waals surface area contributed by atoms with E-state index in [1.807, 2.05) is 4.83 Å². The number of ether oxygens (including phenoxy) is 3. The maximum atomic E-state index is 12.3. The largest absolute Gasteiger partial charge is 0.496 e. The first-order valence-electron chi connectivity index (χ1n) is 7.41. The number of nitrogens with zero attached hydrogens (tertiary/aromatic N) is 2. The zero-order valence-electron chi connectivity index (χ0n) is 14.7. The smallest absolute Gasteiger partial charge is 0.276 e. The number of nitro benzene ring substituents is 1. The molecule has 0 saturated heterocycles. The van der Waals surface area contributed by atoms with Crippen LogP contribution in [0.4, 0.5) is 5.69 Å². The van der Waals surface area contributed by atoms with E-state index in [4.69, 9.17) is 14.2 Å². The van der Waals surface area contributed by atoms with Gasteiger partial charge in [-0.3, -0.25) is 10.1 Å². The third-order valence-electron chi connectivity index (χ3n) is 3.45. The van der Waals surface area contributed by atoms with Crippen LogP contribution in [0.25, 0.3) is 0 Å². The Hall–Kier alpha value is -3.34. The first-order chi connectivity index (χ1) is 12.8. The second kappa shape index (κ2) is 8.36. The number of hydrogen-bond acceptors (Lipinski definition) is 8. The molecular formula is C16H17N3O7S. The number of hydrazone groups is 1. The van der Waals surface area contributed by atoms with E-state index in [0.29, 0.717) is 22.8 Å². The molecule has 0 atom stereocenters. The van der Waals surface area contributed by atoms with Crippen molar-refractivity contribution in [3.05, 3.63) is 52.1 Å². The van der Waals surface area contributed by atoms with Crippen molar-refractivity contribution in [2.45, 2.75) is 4.90 Å². The Morgan fingerprint density at radius 2 is 1.67 bits per heavy atom. The SMILES string of the molecule is COc1cc(OC)c(OC)cc1/C=N/NS(=O)(=O)c1cccc([N+](=O)[O-])c1. The van der Waals surface area contributed by atoms with Crippen molar-refractivity contribution in [1.29, 1.82) is 0 Å². The second-order valence-corrected chi connectivity index (χ2v) is 6.72. The first kappa shape index (κ1) is 20.0. The summed E-state index contributed by atoms with van der Waals surface area (Å²) < 4.78 is 40.1. The van der Waals surface area contributed by atoms with Gasteiger partial charge in [0.05, 0.1) is 37.4 Å². The molecule has 0 spiro atoms. The average molecular weight is 395 g/mol. The number of sulfonamides is 1. The van der Waals surface area contributed by atoms with E-state index in [0.717, 1.165) is 6.07 Å². The van der Waals surface area contributed by atoms with E-state index in [2.05, 4.69) is 5.10 Å². The Balaban J connectivity index is 2.28. The fourth-order valence-electron chi connectivity index (χ4n) is 2.14. The quantitative estimate of drug-likeness (QED) is 0.411. The van der Waals surface area contributed by atoms with Gasteiger partial charge in [-0.15, -0.1) is 0 Å². The summed E-state index contributed by atoms with van der Waals surface area (Å²) in [6, 6.07) is 7.75. The van der Waals surface area contributed by atoms with Crippen molar-refractivity contribution in [3.63, 3.8) is 0 Å². The highest BCUT2D eigenvalue weighted by Crippen LogP contribution is 2.33. The zero-order valence-corrected chi connectivity index (χ0v) is 15.5. The summed E-state index contributed by atoms with van der Waals surface area (Å²) in [6.07, 6.45) is 1.22. The number of non-ortho nitro benzene ring substituents is 1. The van der Waals surface area contributed by atoms with Crippen LogP contribution in [0.5, 0.6) is 17.2 Å². The van der Waals surface area contributed by atoms with Crippen molar-refractivity contribution in [2.24, 2.45) is 5.10 Å². The highest BCUT2D eigenvalue weighted by Gasteiger charge is 2.17. The lowest BCUT2D eigenvalue weighted by Crippen LogP contribution is -2.18. The molecule has 0 aromatic heterocycles. The maximum Gasteiger partial charge on any atom is 0.276 e. The van der Waals surface area contributed by atoms with Gasteiger partial charge in [-0.05, 0) is 12.1 Å². The van der Waals surface area contributed by atoms with Gasteiger partial charge in [0.25, 0.3) is 15.7 Å². The van der Waals surface area contributed by atoms with Crippen LogP contribution in [0.15, 0.2) is 46.4 Å². The number of rotatable bonds is 8. The van der Waals surface area contributed by atoms with Crippen LogP contribution in [-0.4, -0.2) is 40.9 Å². The minimum absolute atomic E-state index is 0.284. The molecule has 10 nitrogen and oxygen atoms in total. The van der Waals surface area contributed by atoms with Gasteiger partial charge in [0.1, 0.15) is 5.75 Å². The summed E-state index contributed by atoms with van der Waals surface area (Å²) in [5.41, 5.74) is 0.0836. The van der Waals surface area contributed by atoms with Gasteiger partial charge in [0.15, 0.2) is 11.5 Å². The van der Waals surface area contributed by atoms with Gasteiger partial charge in [0, 0.05) is 23.8 Å². The molecule has 0 aliphatic rings. The molecule has 0 heterocycles. The first-order valence-corrected chi connectivity index (χ1v) is 8.90. The van der Waals surface area contributed by atoms with E-state index in [9.17, 15) is 18.5 Å². The van der Waals surface area contributed by atoms with Crippen molar-refractivity contribution in [1.82, 2.24) is 4.83 Å². The lowest BCUT2D eigenvalue weighted by Gasteiger charge is -2.11. The predicted molar refractivity (Wildman–Crippen MR) is 97.1 cm³/mol. The van der Waals surface area contributed by atoms with Gasteiger partial charge in [-0.1, -0.05) is 6.07 Å². The molecule has 0 unspecified atom stereocenters. The Kier molecular flexibility index (Phi) is 6.19. The van der Waals surface area contributed by atoms with Gasteiger partial charge in [-0.25, -0.2) is 4.83 Å². The molecule has 11 heteroatoms. The third kappa shape index (κ3) is 4.64. The van der Waals surface area contributed by atoms with Crippen LogP contribution < -0.4 is 19.0 Å². The molecule has 0 aliphatic carbocycles. The molecule has 0 bridgehead atoms. The summed E-state index contributed by atoms with van der Waals surface area (Å²) in [5, 5.41) is 14.5. The molecule has 0 saturated carbocycles. The molecule has 0 fully saturated rings. The normalized spacial score (nSPS) is 11.2. The summed E-state index contributed by atoms with van der Waals surface area (Å²) in [7, 11) is 0.278. The van der Waals surface area contributed by atoms with Crippen molar-refractivity contribution in [3.8, 4) is 17.2 Å². The predicted octanol–water partition coefficient (Wildman–Crippen LogP) is 1.93. The summed E-state index contributed by atoms with van der Waals surface area (Å²) in [4.78, 5) is 11.8. The van der Waals surface area contributed by atoms with Crippen molar-refractivity contribution < 1.29 is 27.6 Å². The van der Waals surface area contributed by atoms with Gasteiger partial charge in [0.2, 0.25) is 0 Å². The third-order valence-corrected chi connectivity index (χ3v) is 4.67. The molecule has 0 amide bonds. The van der Waals surface area contributed by atoms with E-state index in [1.165, 1.54) is 45.7 Å². The average Bonchev–Trinajstić information content (AvgIpc) is 2.67. The topological polar surface area (TPSA) is 129 Å². The van der Waals surface area contributed by atoms with Crippen LogP contribution in [0.1, 0.15) is 5.56 Å². The molecule has 2 aromatic carbocycles. The van der Waals surface area contributed by atoms with Crippen LogP contribution in [0, 0.1) is 10.1 Å². The summed E-state index contributed by atoms with van der Waals surface area (Å²) >= 11 is 0. The monoisotopic (exact) mass is 395 g/mol. The van der Waals surface area contributed by atoms with Gasteiger partial charge < -0.3 is 14.2 Å². The number of nitro groups is 1. The van der Waals surface area contributed by atoms with Gasteiger partial charge >= 0.3 is 0 Å². The van der Waals surface area contributed by atoms with Crippen LogP contribution in [0.2, 0.25) is 0 Å². The highest BCUT2D eigenvalue weighted by atomic mass is 32.2. The Labute approximate surface area is 155 Å². The molecule has 2 rings (SSSR count). The molecule has 2 aromatic rings. The minimum Gasteiger partial charge on any atom is -0.496 e. The molecule has 144 valence electrons. The molecule has 0 aliphatic heterocycles. The zero-order chi connectivity index (χ0) is 20.0. The summed E-state index contributed by atoms with van der Waals surface area (Å²) in [5.74, 6) is 1.22. The summed E-state index contributed by atoms with van der Waals surface area (Å²) in [6.45, 7) is 0. The van der Waals surface area contributed by atoms with E-state index < -0.39 is 14.9 Å². The number of benzene rings is 2. The fourth-order valence-corrected chi connectivity index (χ4v) is 2.97. The van der Waals surface area contributed by atoms with Crippen LogP contribution in [0.3, 0.4) is 0 Å². The number of hydrogen-bond donors (Lipinski definition) is 1. The minimum atomic E-state index is -4.08. The second-order valence-electron chi connectivity index (χ2n) is 5.06. The van der Waals surface area contributed by atoms with E-state index in [1.54, 1.807) is 12.1 Å². The lowest BCUT2D eigenvalue weighted by molar-refractivity contribution is -0.385. The molecular weight excluding hydrogens is 378 g/mol. The van der Waals surface area contributed by atoms with E-state index in [-0.39, 0.29) is 10.6 Å². The fraction of sp³-hybridized carbons (Fsp3) is 0.188. The molecule has 0 radical (unpaired) electrons. The van der Waals surface area contributed by atoms with Gasteiger partial charge in [-0.2, -0.15) is 13.5 Å². The number of nitrogens with one attached hydrogen (secondary N) is 1. The Morgan fingerprint density at radius 3 is 2.26 bits per heavy atom. The van der Waals surface area contributed by atoms with Crippen LogP contribution >= 0.6 is 0 Å². The number of methoxy groups -OCH3 is 3. The van der Waals surface area contributed by atoms with Crippen molar-refractivity contribution >= 4 is 21.9 Å². The Bertz CT molecular complexity index is 974. The molecule has 1 N–H and O–H groups in total.